The summed E-state index contributed by atoms with van der Waals surface area (Å²) >= 11 is 0. The van der Waals surface area contributed by atoms with Crippen LogP contribution in [0.2, 0.25) is 0 Å². The second kappa shape index (κ2) is 6.35. The highest BCUT2D eigenvalue weighted by molar-refractivity contribution is 5.93. The summed E-state index contributed by atoms with van der Waals surface area (Å²) in [6.45, 7) is 3.79. The van der Waals surface area contributed by atoms with Gasteiger partial charge in [-0.05, 0) is 19.8 Å². The number of pyridine rings is 1. The van der Waals surface area contributed by atoms with E-state index in [1.54, 1.807) is 6.92 Å². The predicted octanol–water partition coefficient (Wildman–Crippen LogP) is 0.401. The van der Waals surface area contributed by atoms with Gasteiger partial charge in [-0.2, -0.15) is 5.26 Å². The summed E-state index contributed by atoms with van der Waals surface area (Å²) < 4.78 is 0. The molecule has 0 radical (unpaired) electrons. The Balaban J connectivity index is 1.93. The molecule has 0 spiro atoms. The Kier molecular flexibility index (Phi) is 4.53. The standard InChI is InChI=1S/C14H18N4O2/c1-10-8-13(19)12(9-16-10)14(20)17-11-2-5-18(6-3-11)7-4-15/h8-9,11H,2-3,5-7H2,1H3,(H,16,19)(H,17,20). The van der Waals surface area contributed by atoms with Crippen molar-refractivity contribution < 1.29 is 4.79 Å². The maximum absolute atomic E-state index is 12.1. The molecular weight excluding hydrogens is 256 g/mol. The summed E-state index contributed by atoms with van der Waals surface area (Å²) in [5.41, 5.74) is 0.618. The van der Waals surface area contributed by atoms with Crippen molar-refractivity contribution in [3.05, 3.63) is 33.7 Å². The Morgan fingerprint density at radius 3 is 2.85 bits per heavy atom. The molecule has 1 aromatic heterocycles. The lowest BCUT2D eigenvalue weighted by Gasteiger charge is -2.30. The van der Waals surface area contributed by atoms with Gasteiger partial charge in [-0.3, -0.25) is 14.5 Å². The maximum atomic E-state index is 12.1. The van der Waals surface area contributed by atoms with Crippen LogP contribution in [0.3, 0.4) is 0 Å². The fourth-order valence-electron chi connectivity index (χ4n) is 2.35. The molecular formula is C14H18N4O2. The van der Waals surface area contributed by atoms with Crippen LogP contribution in [-0.4, -0.2) is 41.5 Å². The van der Waals surface area contributed by atoms with Crippen molar-refractivity contribution in [3.63, 3.8) is 0 Å². The molecule has 2 N–H and O–H groups in total. The van der Waals surface area contributed by atoms with Crippen molar-refractivity contribution >= 4 is 5.91 Å². The lowest BCUT2D eigenvalue weighted by Crippen LogP contribution is -2.45. The second-order valence-electron chi connectivity index (χ2n) is 5.08. The van der Waals surface area contributed by atoms with Gasteiger partial charge in [0.2, 0.25) is 0 Å². The normalized spacial score (nSPS) is 16.6. The molecule has 1 fully saturated rings. The summed E-state index contributed by atoms with van der Waals surface area (Å²) in [6.07, 6.45) is 3.06. The summed E-state index contributed by atoms with van der Waals surface area (Å²) in [6, 6.07) is 3.61. The average molecular weight is 274 g/mol. The van der Waals surface area contributed by atoms with Crippen molar-refractivity contribution in [1.82, 2.24) is 15.2 Å². The van der Waals surface area contributed by atoms with Crippen LogP contribution in [0.4, 0.5) is 0 Å². The molecule has 0 unspecified atom stereocenters. The zero-order valence-electron chi connectivity index (χ0n) is 11.5. The first kappa shape index (κ1) is 14.3. The molecule has 106 valence electrons. The highest BCUT2D eigenvalue weighted by Gasteiger charge is 2.21. The van der Waals surface area contributed by atoms with E-state index in [1.807, 2.05) is 0 Å². The van der Waals surface area contributed by atoms with E-state index in [1.165, 1.54) is 12.3 Å². The third-order valence-electron chi connectivity index (χ3n) is 3.52. The van der Waals surface area contributed by atoms with Gasteiger partial charge in [0.05, 0.1) is 12.6 Å². The van der Waals surface area contributed by atoms with Crippen LogP contribution in [0.25, 0.3) is 0 Å². The lowest BCUT2D eigenvalue weighted by molar-refractivity contribution is 0.0913. The minimum absolute atomic E-state index is 0.0677. The van der Waals surface area contributed by atoms with Gasteiger partial charge in [-0.25, -0.2) is 0 Å². The Labute approximate surface area is 117 Å². The van der Waals surface area contributed by atoms with Crippen molar-refractivity contribution in [2.45, 2.75) is 25.8 Å². The molecule has 0 atom stereocenters. The van der Waals surface area contributed by atoms with Crippen LogP contribution in [0.1, 0.15) is 28.9 Å². The number of nitrogens with zero attached hydrogens (tertiary/aromatic N) is 2. The fourth-order valence-corrected chi connectivity index (χ4v) is 2.35. The number of hydrogen-bond donors (Lipinski definition) is 2. The summed E-state index contributed by atoms with van der Waals surface area (Å²) in [7, 11) is 0. The molecule has 0 bridgehead atoms. The average Bonchev–Trinajstić information content (AvgIpc) is 2.41. The van der Waals surface area contributed by atoms with E-state index >= 15 is 0 Å². The Morgan fingerprint density at radius 2 is 2.25 bits per heavy atom. The van der Waals surface area contributed by atoms with Crippen LogP contribution < -0.4 is 10.7 Å². The zero-order chi connectivity index (χ0) is 14.5. The van der Waals surface area contributed by atoms with E-state index in [0.29, 0.717) is 6.54 Å². The highest BCUT2D eigenvalue weighted by atomic mass is 16.2. The molecule has 0 aromatic carbocycles. The SMILES string of the molecule is Cc1cc(=O)c(C(=O)NC2CCN(CC#N)CC2)c[nH]1. The monoisotopic (exact) mass is 274 g/mol. The van der Waals surface area contributed by atoms with Gasteiger partial charge >= 0.3 is 0 Å². The Hall–Kier alpha value is -2.13. The largest absolute Gasteiger partial charge is 0.364 e. The van der Waals surface area contributed by atoms with E-state index in [9.17, 15) is 9.59 Å². The van der Waals surface area contributed by atoms with Crippen LogP contribution in [-0.2, 0) is 0 Å². The number of nitriles is 1. The van der Waals surface area contributed by atoms with Gasteiger partial charge in [0.15, 0.2) is 5.43 Å². The van der Waals surface area contributed by atoms with Crippen LogP contribution in [0, 0.1) is 18.3 Å². The molecule has 1 saturated heterocycles. The topological polar surface area (TPSA) is 89.0 Å². The van der Waals surface area contributed by atoms with E-state index in [4.69, 9.17) is 5.26 Å². The fraction of sp³-hybridized carbons (Fsp3) is 0.500. The van der Waals surface area contributed by atoms with Gasteiger partial charge in [0, 0.05) is 37.1 Å². The molecule has 1 amide bonds. The molecule has 6 heteroatoms. The van der Waals surface area contributed by atoms with E-state index in [-0.39, 0.29) is 22.9 Å². The first-order valence-electron chi connectivity index (χ1n) is 6.69. The summed E-state index contributed by atoms with van der Waals surface area (Å²) in [5.74, 6) is -0.329. The van der Waals surface area contributed by atoms with Crippen molar-refractivity contribution in [2.75, 3.05) is 19.6 Å². The number of likely N-dealkylation sites (tertiary alicyclic amines) is 1. The van der Waals surface area contributed by atoms with Crippen LogP contribution in [0.5, 0.6) is 0 Å². The van der Waals surface area contributed by atoms with E-state index in [0.717, 1.165) is 31.6 Å². The van der Waals surface area contributed by atoms with Gasteiger partial charge in [-0.15, -0.1) is 0 Å². The molecule has 2 heterocycles. The first-order valence-corrected chi connectivity index (χ1v) is 6.69. The number of H-pyrrole nitrogens is 1. The molecule has 1 aromatic rings. The van der Waals surface area contributed by atoms with Crippen LogP contribution >= 0.6 is 0 Å². The number of carbonyl (C=O) groups excluding carboxylic acids is 1. The third kappa shape index (κ3) is 3.45. The zero-order valence-corrected chi connectivity index (χ0v) is 11.5. The molecule has 0 aliphatic carbocycles. The first-order chi connectivity index (χ1) is 9.60. The number of aryl methyl sites for hydroxylation is 1. The van der Waals surface area contributed by atoms with Gasteiger partial charge in [0.1, 0.15) is 5.56 Å². The Morgan fingerprint density at radius 1 is 1.55 bits per heavy atom. The molecule has 1 aliphatic rings. The lowest BCUT2D eigenvalue weighted by atomic mass is 10.0. The highest BCUT2D eigenvalue weighted by Crippen LogP contribution is 2.10. The van der Waals surface area contributed by atoms with Crippen molar-refractivity contribution in [1.29, 1.82) is 5.26 Å². The number of piperidine rings is 1. The van der Waals surface area contributed by atoms with E-state index in [2.05, 4.69) is 21.3 Å². The molecule has 1 aliphatic heterocycles. The third-order valence-corrected chi connectivity index (χ3v) is 3.52. The predicted molar refractivity (Wildman–Crippen MR) is 74.3 cm³/mol. The number of aromatic nitrogens is 1. The minimum Gasteiger partial charge on any atom is -0.364 e. The van der Waals surface area contributed by atoms with Gasteiger partial charge < -0.3 is 10.3 Å². The number of carbonyl (C=O) groups is 1. The van der Waals surface area contributed by atoms with Crippen molar-refractivity contribution in [3.8, 4) is 6.07 Å². The smallest absolute Gasteiger partial charge is 0.256 e. The number of hydrogen-bond acceptors (Lipinski definition) is 4. The molecule has 0 saturated carbocycles. The Bertz CT molecular complexity index is 580. The quantitative estimate of drug-likeness (QED) is 0.781. The van der Waals surface area contributed by atoms with Gasteiger partial charge in [0.25, 0.3) is 5.91 Å². The van der Waals surface area contributed by atoms with E-state index < -0.39 is 0 Å². The maximum Gasteiger partial charge on any atom is 0.256 e. The minimum atomic E-state index is -0.329. The van der Waals surface area contributed by atoms with Crippen molar-refractivity contribution in [2.24, 2.45) is 0 Å². The van der Waals surface area contributed by atoms with Gasteiger partial charge in [-0.1, -0.05) is 0 Å². The summed E-state index contributed by atoms with van der Waals surface area (Å²) in [4.78, 5) is 28.7. The number of amides is 1. The second-order valence-corrected chi connectivity index (χ2v) is 5.08. The molecule has 20 heavy (non-hydrogen) atoms. The number of nitrogens with one attached hydrogen (secondary N) is 2. The molecule has 6 nitrogen and oxygen atoms in total. The van der Waals surface area contributed by atoms with Crippen LogP contribution in [0.15, 0.2) is 17.1 Å². The molecule has 2 rings (SSSR count). The number of aromatic amines is 1. The number of rotatable bonds is 3. The summed E-state index contributed by atoms with van der Waals surface area (Å²) in [5, 5.41) is 11.5.